The van der Waals surface area contributed by atoms with Crippen LogP contribution in [0.1, 0.15) is 0 Å². The van der Waals surface area contributed by atoms with Crippen molar-refractivity contribution in [3.63, 3.8) is 0 Å². The average molecular weight is 741 g/mol. The molecule has 3 heterocycles. The third-order valence-electron chi connectivity index (χ3n) is 11.4. The van der Waals surface area contributed by atoms with Crippen LogP contribution < -0.4 is 0 Å². The molecule has 9 aromatic carbocycles. The molecule has 5 heteroatoms. The molecule has 58 heavy (non-hydrogen) atoms. The molecule has 270 valence electrons. The van der Waals surface area contributed by atoms with Gasteiger partial charge in [0.1, 0.15) is 11.2 Å². The number of benzene rings is 9. The largest absolute Gasteiger partial charge is 0.456 e. The molecule has 0 atom stereocenters. The second-order valence-corrected chi connectivity index (χ2v) is 14.8. The Morgan fingerprint density at radius 1 is 0.362 bits per heavy atom. The fourth-order valence-electron chi connectivity index (χ4n) is 8.67. The summed E-state index contributed by atoms with van der Waals surface area (Å²) in [6.45, 7) is 0. The molecular weight excluding hydrogens is 709 g/mol. The van der Waals surface area contributed by atoms with E-state index in [2.05, 4.69) is 156 Å². The lowest BCUT2D eigenvalue weighted by Gasteiger charge is -2.13. The van der Waals surface area contributed by atoms with Crippen LogP contribution in [0.2, 0.25) is 0 Å². The van der Waals surface area contributed by atoms with Crippen molar-refractivity contribution in [1.29, 1.82) is 0 Å². The van der Waals surface area contributed by atoms with Gasteiger partial charge in [0.15, 0.2) is 17.5 Å². The smallest absolute Gasteiger partial charge is 0.164 e. The zero-order chi connectivity index (χ0) is 38.2. The molecule has 12 rings (SSSR count). The van der Waals surface area contributed by atoms with Crippen molar-refractivity contribution < 1.29 is 4.42 Å². The number of hydrogen-bond donors (Lipinski definition) is 0. The standard InChI is InChI=1S/C53H32N4O/c1-2-14-36(15-3-1)51-54-52(56-53(55-51)39-27-22-33-12-4-5-16-38(33)30-39)37-25-23-35(24-26-37)45-31-40(32-48-49(45)44-19-9-11-21-47(44)58-48)57-46-20-10-8-18-42(46)43-29-28-34-13-6-7-17-41(34)50(43)57/h1-32H. The minimum absolute atomic E-state index is 0.619. The van der Waals surface area contributed by atoms with Crippen LogP contribution in [-0.2, 0) is 0 Å². The van der Waals surface area contributed by atoms with E-state index in [9.17, 15) is 0 Å². The number of para-hydroxylation sites is 2. The summed E-state index contributed by atoms with van der Waals surface area (Å²) >= 11 is 0. The number of hydrogen-bond acceptors (Lipinski definition) is 4. The topological polar surface area (TPSA) is 56.7 Å². The Balaban J connectivity index is 1.05. The van der Waals surface area contributed by atoms with E-state index in [1.807, 2.05) is 42.5 Å². The molecular formula is C53H32N4O. The SMILES string of the molecule is c1ccc(-c2nc(-c3ccc(-c4cc(-n5c6ccccc6c6ccc7ccccc7c65)cc5oc6ccccc6c45)cc3)nc(-c3ccc4ccccc4c3)n2)cc1. The van der Waals surface area contributed by atoms with Crippen molar-refractivity contribution >= 4 is 65.3 Å². The van der Waals surface area contributed by atoms with Crippen molar-refractivity contribution in [3.8, 4) is 51.0 Å². The molecule has 0 spiro atoms. The maximum Gasteiger partial charge on any atom is 0.164 e. The van der Waals surface area contributed by atoms with Gasteiger partial charge in [-0.05, 0) is 51.6 Å². The van der Waals surface area contributed by atoms with E-state index in [0.29, 0.717) is 17.5 Å². The lowest BCUT2D eigenvalue weighted by atomic mass is 9.97. The summed E-state index contributed by atoms with van der Waals surface area (Å²) in [5.74, 6) is 1.89. The Kier molecular flexibility index (Phi) is 7.16. The van der Waals surface area contributed by atoms with E-state index in [0.717, 1.165) is 66.3 Å². The summed E-state index contributed by atoms with van der Waals surface area (Å²) in [5, 5.41) is 9.34. The molecule has 0 aliphatic carbocycles. The first-order valence-corrected chi connectivity index (χ1v) is 19.5. The number of rotatable bonds is 5. The molecule has 0 N–H and O–H groups in total. The molecule has 0 saturated heterocycles. The fourth-order valence-corrected chi connectivity index (χ4v) is 8.67. The van der Waals surface area contributed by atoms with E-state index in [1.165, 1.54) is 32.4 Å². The van der Waals surface area contributed by atoms with Gasteiger partial charge in [0.05, 0.1) is 16.7 Å². The van der Waals surface area contributed by atoms with Gasteiger partial charge < -0.3 is 8.98 Å². The Bertz CT molecular complexity index is 3560. The Labute approximate surface area is 333 Å². The van der Waals surface area contributed by atoms with Gasteiger partial charge in [-0.15, -0.1) is 0 Å². The van der Waals surface area contributed by atoms with Crippen LogP contribution in [0.4, 0.5) is 0 Å². The number of aromatic nitrogens is 4. The summed E-state index contributed by atoms with van der Waals surface area (Å²) in [4.78, 5) is 15.1. The molecule has 5 nitrogen and oxygen atoms in total. The van der Waals surface area contributed by atoms with Crippen LogP contribution in [-0.4, -0.2) is 19.5 Å². The first kappa shape index (κ1) is 32.4. The highest BCUT2D eigenvalue weighted by Gasteiger charge is 2.20. The normalized spacial score (nSPS) is 11.8. The van der Waals surface area contributed by atoms with Crippen LogP contribution in [0.5, 0.6) is 0 Å². The minimum atomic E-state index is 0.619. The zero-order valence-electron chi connectivity index (χ0n) is 31.2. The van der Waals surface area contributed by atoms with E-state index in [1.54, 1.807) is 0 Å². The van der Waals surface area contributed by atoms with Crippen LogP contribution in [0.25, 0.3) is 116 Å². The number of nitrogens with zero attached hydrogens (tertiary/aromatic N) is 4. The van der Waals surface area contributed by atoms with Gasteiger partial charge in [-0.1, -0.05) is 164 Å². The molecule has 0 saturated carbocycles. The van der Waals surface area contributed by atoms with Crippen LogP contribution in [0.3, 0.4) is 0 Å². The minimum Gasteiger partial charge on any atom is -0.456 e. The summed E-state index contributed by atoms with van der Waals surface area (Å²) in [5.41, 5.74) is 10.0. The molecule has 0 bridgehead atoms. The van der Waals surface area contributed by atoms with Gasteiger partial charge in [-0.2, -0.15) is 0 Å². The van der Waals surface area contributed by atoms with E-state index < -0.39 is 0 Å². The fraction of sp³-hybridized carbons (Fsp3) is 0. The molecule has 0 radical (unpaired) electrons. The quantitative estimate of drug-likeness (QED) is 0.176. The average Bonchev–Trinajstić information content (AvgIpc) is 3.85. The highest BCUT2D eigenvalue weighted by atomic mass is 16.3. The van der Waals surface area contributed by atoms with Gasteiger partial charge in [0.2, 0.25) is 0 Å². The highest BCUT2D eigenvalue weighted by molar-refractivity contribution is 6.19. The summed E-state index contributed by atoms with van der Waals surface area (Å²) < 4.78 is 9.06. The van der Waals surface area contributed by atoms with Gasteiger partial charge in [0, 0.05) is 49.7 Å². The molecule has 0 aliphatic rings. The number of fused-ring (bicyclic) bond motifs is 9. The third kappa shape index (κ3) is 5.14. The molecule has 3 aromatic heterocycles. The summed E-state index contributed by atoms with van der Waals surface area (Å²) in [6.07, 6.45) is 0. The molecule has 0 fully saturated rings. The first-order chi connectivity index (χ1) is 28.7. The molecule has 0 aliphatic heterocycles. The lowest BCUT2D eigenvalue weighted by Crippen LogP contribution is -2.00. The van der Waals surface area contributed by atoms with Gasteiger partial charge in [0.25, 0.3) is 0 Å². The Morgan fingerprint density at radius 2 is 0.948 bits per heavy atom. The monoisotopic (exact) mass is 740 g/mol. The van der Waals surface area contributed by atoms with Gasteiger partial charge in [-0.25, -0.2) is 15.0 Å². The Hall–Kier alpha value is -7.89. The molecule has 0 amide bonds. The maximum absolute atomic E-state index is 6.65. The number of furan rings is 1. The summed E-state index contributed by atoms with van der Waals surface area (Å²) in [7, 11) is 0. The molecule has 0 unspecified atom stereocenters. The summed E-state index contributed by atoms with van der Waals surface area (Å²) in [6, 6.07) is 68.1. The first-order valence-electron chi connectivity index (χ1n) is 19.5. The third-order valence-corrected chi connectivity index (χ3v) is 11.4. The lowest BCUT2D eigenvalue weighted by molar-refractivity contribution is 0.668. The van der Waals surface area contributed by atoms with Crippen LogP contribution >= 0.6 is 0 Å². The predicted octanol–water partition coefficient (Wildman–Crippen LogP) is 13.8. The van der Waals surface area contributed by atoms with Crippen molar-refractivity contribution in [1.82, 2.24) is 19.5 Å². The van der Waals surface area contributed by atoms with E-state index >= 15 is 0 Å². The van der Waals surface area contributed by atoms with Gasteiger partial charge >= 0.3 is 0 Å². The second-order valence-electron chi connectivity index (χ2n) is 14.8. The zero-order valence-corrected chi connectivity index (χ0v) is 31.2. The van der Waals surface area contributed by atoms with Crippen molar-refractivity contribution in [2.75, 3.05) is 0 Å². The van der Waals surface area contributed by atoms with Gasteiger partial charge in [-0.3, -0.25) is 0 Å². The Morgan fingerprint density at radius 3 is 1.76 bits per heavy atom. The van der Waals surface area contributed by atoms with Crippen molar-refractivity contribution in [2.45, 2.75) is 0 Å². The van der Waals surface area contributed by atoms with Crippen molar-refractivity contribution in [2.24, 2.45) is 0 Å². The second kappa shape index (κ2) is 12.8. The van der Waals surface area contributed by atoms with Crippen molar-refractivity contribution in [3.05, 3.63) is 194 Å². The van der Waals surface area contributed by atoms with E-state index in [4.69, 9.17) is 19.4 Å². The van der Waals surface area contributed by atoms with Crippen LogP contribution in [0.15, 0.2) is 199 Å². The molecule has 12 aromatic rings. The predicted molar refractivity (Wildman–Crippen MR) is 238 cm³/mol. The van der Waals surface area contributed by atoms with E-state index in [-0.39, 0.29) is 0 Å². The van der Waals surface area contributed by atoms with Crippen LogP contribution in [0, 0.1) is 0 Å². The maximum atomic E-state index is 6.65. The highest BCUT2D eigenvalue weighted by Crippen LogP contribution is 2.42.